The fourth-order valence-electron chi connectivity index (χ4n) is 2.90. The van der Waals surface area contributed by atoms with E-state index in [0.29, 0.717) is 18.0 Å². The molecule has 6 nitrogen and oxygen atoms in total. The number of hydrogen-bond acceptors (Lipinski definition) is 4. The number of aromatic amines is 1. The van der Waals surface area contributed by atoms with Gasteiger partial charge in [-0.05, 0) is 30.5 Å². The van der Waals surface area contributed by atoms with Crippen LogP contribution in [0.15, 0.2) is 41.6 Å². The van der Waals surface area contributed by atoms with Crippen molar-refractivity contribution in [1.82, 2.24) is 15.3 Å². The van der Waals surface area contributed by atoms with Crippen LogP contribution < -0.4 is 15.8 Å². The van der Waals surface area contributed by atoms with Crippen LogP contribution in [0, 0.1) is 5.92 Å². The maximum atomic E-state index is 12.0. The Kier molecular flexibility index (Phi) is 5.15. The third kappa shape index (κ3) is 4.14. The average Bonchev–Trinajstić information content (AvgIpc) is 3.04. The van der Waals surface area contributed by atoms with Crippen molar-refractivity contribution in [2.75, 3.05) is 24.5 Å². The highest BCUT2D eigenvalue weighted by Crippen LogP contribution is 2.25. The van der Waals surface area contributed by atoms with Gasteiger partial charge in [0.15, 0.2) is 0 Å². The predicted molar refractivity (Wildman–Crippen MR) is 93.3 cm³/mol. The maximum Gasteiger partial charge on any atom is 0.254 e. The Morgan fingerprint density at radius 3 is 3.12 bits per heavy atom. The third-order valence-corrected chi connectivity index (χ3v) is 4.43. The van der Waals surface area contributed by atoms with Gasteiger partial charge >= 0.3 is 0 Å². The number of carbonyl (C=O) groups is 1. The van der Waals surface area contributed by atoms with Gasteiger partial charge in [0, 0.05) is 42.1 Å². The molecule has 0 spiro atoms. The van der Waals surface area contributed by atoms with Crippen LogP contribution in [-0.4, -0.2) is 35.5 Å². The van der Waals surface area contributed by atoms with Gasteiger partial charge < -0.3 is 15.2 Å². The van der Waals surface area contributed by atoms with Crippen LogP contribution in [0.5, 0.6) is 0 Å². The van der Waals surface area contributed by atoms with E-state index in [0.717, 1.165) is 30.2 Å². The normalized spacial score (nSPS) is 17.0. The van der Waals surface area contributed by atoms with E-state index in [4.69, 9.17) is 11.6 Å². The van der Waals surface area contributed by atoms with E-state index in [-0.39, 0.29) is 17.9 Å². The summed E-state index contributed by atoms with van der Waals surface area (Å²) >= 11 is 6.04. The van der Waals surface area contributed by atoms with Gasteiger partial charge in [-0.25, -0.2) is 4.98 Å². The van der Waals surface area contributed by atoms with Crippen LogP contribution in [0.25, 0.3) is 0 Å². The lowest BCUT2D eigenvalue weighted by Crippen LogP contribution is -2.33. The summed E-state index contributed by atoms with van der Waals surface area (Å²) in [4.78, 5) is 32.1. The highest BCUT2D eigenvalue weighted by molar-refractivity contribution is 6.30. The van der Waals surface area contributed by atoms with Crippen LogP contribution >= 0.6 is 11.6 Å². The largest absolute Gasteiger partial charge is 0.371 e. The highest BCUT2D eigenvalue weighted by Gasteiger charge is 2.23. The monoisotopic (exact) mass is 346 g/mol. The number of benzene rings is 1. The van der Waals surface area contributed by atoms with Crippen molar-refractivity contribution in [3.8, 4) is 0 Å². The Hall–Kier alpha value is -2.34. The summed E-state index contributed by atoms with van der Waals surface area (Å²) in [5, 5.41) is 3.64. The highest BCUT2D eigenvalue weighted by atomic mass is 35.5. The molecule has 1 saturated heterocycles. The molecule has 0 unspecified atom stereocenters. The number of nitrogens with one attached hydrogen (secondary N) is 2. The van der Waals surface area contributed by atoms with Crippen molar-refractivity contribution < 1.29 is 4.79 Å². The van der Waals surface area contributed by atoms with Gasteiger partial charge in [0.2, 0.25) is 5.91 Å². The molecule has 1 aromatic heterocycles. The lowest BCUT2D eigenvalue weighted by molar-refractivity contribution is -0.120. The number of H-pyrrole nitrogens is 1. The molecule has 3 rings (SSSR count). The summed E-state index contributed by atoms with van der Waals surface area (Å²) in [5.41, 5.74) is 1.22. The molecule has 7 heteroatoms. The SMILES string of the molecule is O=C(Cc1cnc[nH]c1=O)NC[C@@H]1CCN(c2cccc(Cl)c2)C1. The molecule has 1 aliphatic heterocycles. The first-order chi connectivity index (χ1) is 11.6. The summed E-state index contributed by atoms with van der Waals surface area (Å²) in [6.45, 7) is 2.44. The van der Waals surface area contributed by atoms with Gasteiger partial charge in [-0.1, -0.05) is 17.7 Å². The fraction of sp³-hybridized carbons (Fsp3) is 0.353. The maximum absolute atomic E-state index is 12.0. The Bertz CT molecular complexity index is 777. The first-order valence-electron chi connectivity index (χ1n) is 7.90. The van der Waals surface area contributed by atoms with E-state index in [2.05, 4.69) is 20.2 Å². The molecule has 2 N–H and O–H groups in total. The molecule has 1 aromatic carbocycles. The van der Waals surface area contributed by atoms with E-state index in [1.54, 1.807) is 0 Å². The molecule has 1 aliphatic rings. The number of amides is 1. The van der Waals surface area contributed by atoms with Gasteiger partial charge in [-0.2, -0.15) is 0 Å². The summed E-state index contributed by atoms with van der Waals surface area (Å²) in [6.07, 6.45) is 3.80. The molecule has 0 saturated carbocycles. The van der Waals surface area contributed by atoms with E-state index in [1.807, 2.05) is 24.3 Å². The van der Waals surface area contributed by atoms with Crippen molar-refractivity contribution in [3.63, 3.8) is 0 Å². The Labute approximate surface area is 144 Å². The van der Waals surface area contributed by atoms with Gasteiger partial charge in [0.05, 0.1) is 12.7 Å². The molecule has 1 amide bonds. The molecule has 126 valence electrons. The second-order valence-corrected chi connectivity index (χ2v) is 6.40. The van der Waals surface area contributed by atoms with E-state index in [1.165, 1.54) is 12.5 Å². The minimum absolute atomic E-state index is 0.0495. The number of carbonyl (C=O) groups excluding carboxylic acids is 1. The topological polar surface area (TPSA) is 78.1 Å². The molecule has 1 fully saturated rings. The van der Waals surface area contributed by atoms with Crippen molar-refractivity contribution in [2.24, 2.45) is 5.92 Å². The van der Waals surface area contributed by atoms with Gasteiger partial charge in [0.25, 0.3) is 5.56 Å². The Balaban J connectivity index is 1.48. The number of hydrogen-bond donors (Lipinski definition) is 2. The first-order valence-corrected chi connectivity index (χ1v) is 8.28. The molecule has 2 aromatic rings. The fourth-order valence-corrected chi connectivity index (χ4v) is 3.09. The van der Waals surface area contributed by atoms with Crippen molar-refractivity contribution in [3.05, 3.63) is 57.7 Å². The standard InChI is InChI=1S/C17H19ClN4O2/c18-14-2-1-3-15(7-14)22-5-4-12(10-22)8-20-16(23)6-13-9-19-11-21-17(13)24/h1-3,7,9,11-12H,4-6,8,10H2,(H,20,23)(H,19,21,24)/t12-/m0/s1. The van der Waals surface area contributed by atoms with Gasteiger partial charge in [0.1, 0.15) is 0 Å². The second kappa shape index (κ2) is 7.49. The number of halogens is 1. The zero-order chi connectivity index (χ0) is 16.9. The Morgan fingerprint density at radius 2 is 2.33 bits per heavy atom. The van der Waals surface area contributed by atoms with Crippen molar-refractivity contribution in [2.45, 2.75) is 12.8 Å². The second-order valence-electron chi connectivity index (χ2n) is 5.97. The molecule has 2 heterocycles. The number of anilines is 1. The van der Waals surface area contributed by atoms with Gasteiger partial charge in [-0.3, -0.25) is 9.59 Å². The molecule has 0 aliphatic carbocycles. The van der Waals surface area contributed by atoms with E-state index in [9.17, 15) is 9.59 Å². The molecule has 0 radical (unpaired) electrons. The number of aromatic nitrogens is 2. The molecular formula is C17H19ClN4O2. The predicted octanol–water partition coefficient (Wildman–Crippen LogP) is 1.61. The zero-order valence-electron chi connectivity index (χ0n) is 13.2. The van der Waals surface area contributed by atoms with Crippen molar-refractivity contribution >= 4 is 23.2 Å². The minimum atomic E-state index is -0.270. The smallest absolute Gasteiger partial charge is 0.254 e. The first kappa shape index (κ1) is 16.5. The third-order valence-electron chi connectivity index (χ3n) is 4.19. The summed E-state index contributed by atoms with van der Waals surface area (Å²) < 4.78 is 0. The van der Waals surface area contributed by atoms with Crippen LogP contribution in [0.3, 0.4) is 0 Å². The average molecular weight is 347 g/mol. The van der Waals surface area contributed by atoms with Crippen LogP contribution in [0.2, 0.25) is 5.02 Å². The summed E-state index contributed by atoms with van der Waals surface area (Å²) in [6, 6.07) is 7.80. The van der Waals surface area contributed by atoms with E-state index >= 15 is 0 Å². The lowest BCUT2D eigenvalue weighted by Gasteiger charge is -2.19. The van der Waals surface area contributed by atoms with Crippen LogP contribution in [0.1, 0.15) is 12.0 Å². The van der Waals surface area contributed by atoms with Gasteiger partial charge in [-0.15, -0.1) is 0 Å². The van der Waals surface area contributed by atoms with Crippen molar-refractivity contribution in [1.29, 1.82) is 0 Å². The zero-order valence-corrected chi connectivity index (χ0v) is 13.9. The molecular weight excluding hydrogens is 328 g/mol. The summed E-state index contributed by atoms with van der Waals surface area (Å²) in [7, 11) is 0. The quantitative estimate of drug-likeness (QED) is 0.862. The number of nitrogens with zero attached hydrogens (tertiary/aromatic N) is 2. The van der Waals surface area contributed by atoms with Crippen LogP contribution in [-0.2, 0) is 11.2 Å². The molecule has 1 atom stereocenters. The molecule has 0 bridgehead atoms. The summed E-state index contributed by atoms with van der Waals surface area (Å²) in [5.74, 6) is 0.231. The Morgan fingerprint density at radius 1 is 1.46 bits per heavy atom. The lowest BCUT2D eigenvalue weighted by atomic mass is 10.1. The minimum Gasteiger partial charge on any atom is -0.371 e. The van der Waals surface area contributed by atoms with Crippen LogP contribution in [0.4, 0.5) is 5.69 Å². The molecule has 24 heavy (non-hydrogen) atoms. The van der Waals surface area contributed by atoms with E-state index < -0.39 is 0 Å². The number of rotatable bonds is 5.